The first-order valence-corrected chi connectivity index (χ1v) is 21.1. The topological polar surface area (TPSA) is 190 Å². The number of anilines is 1. The lowest BCUT2D eigenvalue weighted by Crippen LogP contribution is -2.55. The molecule has 65 heavy (non-hydrogen) atoms. The fourth-order valence-electron chi connectivity index (χ4n) is 9.51. The summed E-state index contributed by atoms with van der Waals surface area (Å²) < 4.78 is 22.0. The van der Waals surface area contributed by atoms with Gasteiger partial charge in [0.15, 0.2) is 5.92 Å². The maximum Gasteiger partial charge on any atom is 0.324 e. The van der Waals surface area contributed by atoms with Gasteiger partial charge in [0.2, 0.25) is 11.8 Å². The Bertz CT molecular complexity index is 2620. The fourth-order valence-corrected chi connectivity index (χ4v) is 9.51. The number of nitrogens with zero attached hydrogens (tertiary/aromatic N) is 1. The number of aliphatic hydroxyl groups is 2. The van der Waals surface area contributed by atoms with Crippen LogP contribution in [0.1, 0.15) is 64.1 Å². The summed E-state index contributed by atoms with van der Waals surface area (Å²) in [7, 11) is 2.32. The van der Waals surface area contributed by atoms with E-state index < -0.39 is 77.3 Å². The van der Waals surface area contributed by atoms with Crippen molar-refractivity contribution in [1.29, 1.82) is 0 Å². The van der Waals surface area contributed by atoms with Crippen LogP contribution in [0.4, 0.5) is 5.69 Å². The zero-order valence-corrected chi connectivity index (χ0v) is 35.6. The molecule has 332 valence electrons. The minimum absolute atomic E-state index is 0.0203. The van der Waals surface area contributed by atoms with Crippen molar-refractivity contribution in [3.63, 3.8) is 0 Å². The van der Waals surface area contributed by atoms with E-state index in [9.17, 15) is 19.8 Å². The first-order chi connectivity index (χ1) is 31.6. The number of fused-ring (bicyclic) bond motifs is 3. The third-order valence-electron chi connectivity index (χ3n) is 12.3. The molecule has 5 aromatic rings. The van der Waals surface area contributed by atoms with Crippen LogP contribution in [0.3, 0.4) is 0 Å². The summed E-state index contributed by atoms with van der Waals surface area (Å²) in [6.45, 7) is -0.528. The van der Waals surface area contributed by atoms with E-state index in [1.54, 1.807) is 60.7 Å². The summed E-state index contributed by atoms with van der Waals surface area (Å²) in [4.78, 5) is 72.9. The Kier molecular flexibility index (Phi) is 13.1. The average molecular weight is 878 g/mol. The molecule has 2 saturated heterocycles. The number of benzene rings is 5. The highest BCUT2D eigenvalue weighted by Gasteiger charge is 2.74. The number of aliphatic hydroxyl groups excluding tert-OH is 2. The van der Waals surface area contributed by atoms with E-state index in [0.717, 1.165) is 19.8 Å². The molecule has 7 unspecified atom stereocenters. The van der Waals surface area contributed by atoms with Crippen LogP contribution >= 0.6 is 0 Å². The number of hydrogen-bond acceptors (Lipinski definition) is 12. The lowest BCUT2D eigenvalue weighted by atomic mass is 9.65. The van der Waals surface area contributed by atoms with Gasteiger partial charge in [-0.1, -0.05) is 115 Å². The lowest BCUT2D eigenvalue weighted by Gasteiger charge is -2.46. The Morgan fingerprint density at radius 1 is 0.815 bits per heavy atom. The number of morpholine rings is 1. The Morgan fingerprint density at radius 3 is 2.12 bits per heavy atom. The van der Waals surface area contributed by atoms with Crippen molar-refractivity contribution < 1.29 is 53.1 Å². The highest BCUT2D eigenvalue weighted by atomic mass is 16.6. The highest BCUT2D eigenvalue weighted by molar-refractivity contribution is 6.12. The molecule has 0 saturated carbocycles. The third-order valence-corrected chi connectivity index (χ3v) is 12.3. The summed E-state index contributed by atoms with van der Waals surface area (Å²) in [5.41, 5.74) is 1.70. The van der Waals surface area contributed by atoms with Gasteiger partial charge in [0.1, 0.15) is 29.9 Å². The van der Waals surface area contributed by atoms with Gasteiger partial charge >= 0.3 is 17.9 Å². The summed E-state index contributed by atoms with van der Waals surface area (Å²) in [5.74, 6) is -0.141. The summed E-state index contributed by atoms with van der Waals surface area (Å²) in [6.07, 6.45) is -2.28. The van der Waals surface area contributed by atoms with Gasteiger partial charge in [0.05, 0.1) is 44.9 Å². The van der Waals surface area contributed by atoms with Crippen LogP contribution in [-0.2, 0) is 43.6 Å². The zero-order valence-electron chi connectivity index (χ0n) is 35.6. The van der Waals surface area contributed by atoms with E-state index in [-0.39, 0.29) is 26.2 Å². The van der Waals surface area contributed by atoms with Crippen LogP contribution in [-0.4, -0.2) is 84.9 Å². The second-order valence-electron chi connectivity index (χ2n) is 15.9. The molecular formula is C51H47N3O11. The zero-order chi connectivity index (χ0) is 45.7. The third kappa shape index (κ3) is 8.33. The predicted octanol–water partition coefficient (Wildman–Crippen LogP) is 4.88. The lowest BCUT2D eigenvalue weighted by molar-refractivity contribution is -0.178. The van der Waals surface area contributed by atoms with Gasteiger partial charge in [-0.3, -0.25) is 28.9 Å². The van der Waals surface area contributed by atoms with E-state index in [1.165, 1.54) is 0 Å². The van der Waals surface area contributed by atoms with E-state index in [4.69, 9.17) is 18.9 Å². The average Bonchev–Trinajstić information content (AvgIpc) is 3.82. The normalized spacial score (nSPS) is 22.4. The van der Waals surface area contributed by atoms with E-state index in [2.05, 4.69) is 22.5 Å². The summed E-state index contributed by atoms with van der Waals surface area (Å²) >= 11 is 0. The van der Waals surface area contributed by atoms with Crippen molar-refractivity contribution in [2.75, 3.05) is 39.3 Å². The number of rotatable bonds is 13. The number of carbonyl (C=O) groups excluding carboxylic acids is 5. The minimum atomic E-state index is -1.90. The molecule has 0 aliphatic carbocycles. The van der Waals surface area contributed by atoms with Crippen LogP contribution in [0.15, 0.2) is 133 Å². The standard InChI is InChI=1S/C51H47N3O11/c1-62-47(58)37(48(59)63-2)23-12-14-31-24-25-39-38(28-31)51(50(61)53-39)41(46(57)52-30-40(56)32-15-6-3-7-16-32)43-49(60)65-44(34-19-10-5-11-20-34)42(33-17-8-4-9-18-33)54(43)45(51)35-21-13-22-36(29-35)64-27-26-55/h3-11,13,15-22,24-25,28-29,37,40-45,55-56H,23,26-27,30H2,1-2H3,(H,52,57)(H,53,61). The number of ether oxygens (including phenoxy) is 4. The number of carbonyl (C=O) groups is 5. The molecule has 0 bridgehead atoms. The van der Waals surface area contributed by atoms with E-state index >= 15 is 14.4 Å². The van der Waals surface area contributed by atoms with Crippen molar-refractivity contribution >= 4 is 35.4 Å². The van der Waals surface area contributed by atoms with Crippen LogP contribution in [0.5, 0.6) is 5.75 Å². The molecule has 7 atom stereocenters. The molecule has 5 aromatic carbocycles. The molecule has 3 aliphatic rings. The van der Waals surface area contributed by atoms with Crippen LogP contribution < -0.4 is 15.4 Å². The van der Waals surface area contributed by atoms with Gasteiger partial charge in [0, 0.05) is 24.2 Å². The van der Waals surface area contributed by atoms with Gasteiger partial charge in [-0.15, -0.1) is 0 Å². The van der Waals surface area contributed by atoms with E-state index in [0.29, 0.717) is 39.3 Å². The molecule has 0 aromatic heterocycles. The van der Waals surface area contributed by atoms with Gasteiger partial charge in [0.25, 0.3) is 0 Å². The molecule has 3 aliphatic heterocycles. The number of nitrogens with one attached hydrogen (secondary N) is 2. The maximum atomic E-state index is 15.5. The van der Waals surface area contributed by atoms with Crippen LogP contribution in [0.2, 0.25) is 0 Å². The molecule has 1 spiro atoms. The molecule has 14 heteroatoms. The first kappa shape index (κ1) is 44.3. The molecule has 3 heterocycles. The van der Waals surface area contributed by atoms with E-state index in [1.807, 2.05) is 77.7 Å². The van der Waals surface area contributed by atoms with Crippen molar-refractivity contribution in [3.8, 4) is 17.6 Å². The summed E-state index contributed by atoms with van der Waals surface area (Å²) in [6, 6.07) is 36.3. The Hall–Kier alpha value is -7.31. The van der Waals surface area contributed by atoms with Crippen molar-refractivity contribution in [2.45, 2.75) is 42.2 Å². The Morgan fingerprint density at radius 2 is 1.46 bits per heavy atom. The monoisotopic (exact) mass is 877 g/mol. The number of methoxy groups -OCH3 is 2. The molecular weight excluding hydrogens is 831 g/mol. The molecule has 2 fully saturated rings. The largest absolute Gasteiger partial charge is 0.491 e. The second kappa shape index (κ2) is 19.2. The number of esters is 3. The Labute approximate surface area is 375 Å². The molecule has 14 nitrogen and oxygen atoms in total. The number of amides is 2. The molecule has 4 N–H and O–H groups in total. The van der Waals surface area contributed by atoms with Crippen molar-refractivity contribution in [2.24, 2.45) is 11.8 Å². The van der Waals surface area contributed by atoms with Gasteiger partial charge in [-0.25, -0.2) is 0 Å². The maximum absolute atomic E-state index is 15.5. The molecule has 8 rings (SSSR count). The minimum Gasteiger partial charge on any atom is -0.491 e. The highest BCUT2D eigenvalue weighted by Crippen LogP contribution is 2.65. The second-order valence-corrected chi connectivity index (χ2v) is 15.9. The SMILES string of the molecule is COC(=O)C(CC#Cc1ccc2c(c1)C1(C(=O)N2)C(C(=O)NCC(O)c2ccccc2)C2C(=O)OC(c3ccccc3)C(c3ccccc3)N2C1c1cccc(OCCO)c1)C(=O)OC. The fraction of sp³-hybridized carbons (Fsp3) is 0.275. The van der Waals surface area contributed by atoms with Gasteiger partial charge in [-0.2, -0.15) is 0 Å². The van der Waals surface area contributed by atoms with Crippen LogP contribution in [0, 0.1) is 23.7 Å². The van der Waals surface area contributed by atoms with Gasteiger partial charge in [-0.05, 0) is 58.1 Å². The summed E-state index contributed by atoms with van der Waals surface area (Å²) in [5, 5.41) is 27.0. The first-order valence-electron chi connectivity index (χ1n) is 21.1. The Balaban J connectivity index is 1.36. The van der Waals surface area contributed by atoms with Gasteiger partial charge < -0.3 is 39.8 Å². The van der Waals surface area contributed by atoms with Crippen LogP contribution in [0.25, 0.3) is 0 Å². The van der Waals surface area contributed by atoms with Crippen molar-refractivity contribution in [1.82, 2.24) is 10.2 Å². The molecule has 0 radical (unpaired) electrons. The number of cyclic esters (lactones) is 1. The smallest absolute Gasteiger partial charge is 0.324 e. The van der Waals surface area contributed by atoms with Crippen molar-refractivity contribution in [3.05, 3.63) is 167 Å². The predicted molar refractivity (Wildman–Crippen MR) is 236 cm³/mol. The quantitative estimate of drug-likeness (QED) is 0.0544. The molecule has 2 amide bonds. The number of hydrogen-bond donors (Lipinski definition) is 4.